The number of hydrogen-bond donors (Lipinski definition) is 1. The Balaban J connectivity index is 1.75. The first kappa shape index (κ1) is 21.7. The van der Waals surface area contributed by atoms with Gasteiger partial charge in [0, 0.05) is 31.3 Å². The number of nitrogens with one attached hydrogen (secondary N) is 1. The third-order valence-electron chi connectivity index (χ3n) is 4.82. The number of fused-ring (bicyclic) bond motifs is 1. The van der Waals surface area contributed by atoms with Crippen LogP contribution in [0, 0.1) is 0 Å². The quantitative estimate of drug-likeness (QED) is 0.783. The number of rotatable bonds is 5. The van der Waals surface area contributed by atoms with Crippen LogP contribution in [0.25, 0.3) is 0 Å². The lowest BCUT2D eigenvalue weighted by molar-refractivity contribution is -0.138. The molecule has 0 radical (unpaired) electrons. The zero-order valence-electron chi connectivity index (χ0n) is 17.0. The van der Waals surface area contributed by atoms with Gasteiger partial charge in [0.2, 0.25) is 5.91 Å². The molecule has 0 aromatic heterocycles. The van der Waals surface area contributed by atoms with Gasteiger partial charge in [-0.15, -0.1) is 0 Å². The number of alkyl halides is 3. The number of halogens is 3. The van der Waals surface area contributed by atoms with E-state index in [9.17, 15) is 22.8 Å². The van der Waals surface area contributed by atoms with Gasteiger partial charge in [0.1, 0.15) is 5.75 Å². The summed E-state index contributed by atoms with van der Waals surface area (Å²) >= 11 is 0. The van der Waals surface area contributed by atoms with Crippen molar-refractivity contribution in [2.75, 3.05) is 11.4 Å². The lowest BCUT2D eigenvalue weighted by Gasteiger charge is -2.17. The van der Waals surface area contributed by atoms with Crippen LogP contribution in [0.4, 0.5) is 18.9 Å². The van der Waals surface area contributed by atoms with Crippen molar-refractivity contribution in [1.29, 1.82) is 0 Å². The molecule has 0 fully saturated rings. The molecule has 0 aliphatic carbocycles. The highest BCUT2D eigenvalue weighted by atomic mass is 19.4. The number of carbonyl (C=O) groups is 2. The number of amides is 2. The summed E-state index contributed by atoms with van der Waals surface area (Å²) in [5.41, 5.74) is 1.08. The van der Waals surface area contributed by atoms with Crippen LogP contribution < -0.4 is 15.0 Å². The maximum absolute atomic E-state index is 13.5. The topological polar surface area (TPSA) is 58.6 Å². The van der Waals surface area contributed by atoms with Crippen molar-refractivity contribution < 1.29 is 27.5 Å². The van der Waals surface area contributed by atoms with Crippen molar-refractivity contribution in [3.8, 4) is 5.75 Å². The van der Waals surface area contributed by atoms with Gasteiger partial charge in [-0.3, -0.25) is 9.59 Å². The van der Waals surface area contributed by atoms with Crippen molar-refractivity contribution in [2.24, 2.45) is 0 Å². The molecule has 5 nitrogen and oxygen atoms in total. The molecule has 160 valence electrons. The second-order valence-corrected chi connectivity index (χ2v) is 7.43. The predicted molar refractivity (Wildman–Crippen MR) is 107 cm³/mol. The molecule has 1 heterocycles. The Hall–Kier alpha value is -3.03. The average molecular weight is 420 g/mol. The molecular weight excluding hydrogens is 397 g/mol. The van der Waals surface area contributed by atoms with Crippen molar-refractivity contribution >= 4 is 17.5 Å². The molecule has 2 aromatic rings. The smallest absolute Gasteiger partial charge is 0.416 e. The van der Waals surface area contributed by atoms with Crippen LogP contribution in [0.5, 0.6) is 5.75 Å². The fraction of sp³-hybridized carbons (Fsp3) is 0.364. The first-order chi connectivity index (χ1) is 14.1. The van der Waals surface area contributed by atoms with Gasteiger partial charge in [0.25, 0.3) is 5.91 Å². The first-order valence-corrected chi connectivity index (χ1v) is 9.62. The zero-order chi connectivity index (χ0) is 22.1. The number of hydrogen-bond acceptors (Lipinski definition) is 3. The van der Waals surface area contributed by atoms with Crippen molar-refractivity contribution in [3.63, 3.8) is 0 Å². The van der Waals surface area contributed by atoms with Gasteiger partial charge >= 0.3 is 6.18 Å². The van der Waals surface area contributed by atoms with Gasteiger partial charge in [0.05, 0.1) is 11.7 Å². The highest BCUT2D eigenvalue weighted by molar-refractivity contribution is 5.97. The summed E-state index contributed by atoms with van der Waals surface area (Å²) in [6.07, 6.45) is -4.19. The molecule has 0 bridgehead atoms. The summed E-state index contributed by atoms with van der Waals surface area (Å²) < 4.78 is 45.7. The summed E-state index contributed by atoms with van der Waals surface area (Å²) in [7, 11) is 0. The minimum absolute atomic E-state index is 0.0455. The third kappa shape index (κ3) is 4.75. The van der Waals surface area contributed by atoms with Crippen molar-refractivity contribution in [1.82, 2.24) is 5.32 Å². The van der Waals surface area contributed by atoms with Crippen molar-refractivity contribution in [3.05, 3.63) is 58.7 Å². The average Bonchev–Trinajstić information content (AvgIpc) is 3.09. The first-order valence-electron chi connectivity index (χ1n) is 9.62. The van der Waals surface area contributed by atoms with Crippen molar-refractivity contribution in [2.45, 2.75) is 46.0 Å². The van der Waals surface area contributed by atoms with E-state index in [4.69, 9.17) is 4.74 Å². The van der Waals surface area contributed by atoms with E-state index in [-0.39, 0.29) is 29.9 Å². The number of carbonyl (C=O) groups excluding carboxylic acids is 2. The van der Waals surface area contributed by atoms with E-state index in [2.05, 4.69) is 5.32 Å². The zero-order valence-corrected chi connectivity index (χ0v) is 17.0. The monoisotopic (exact) mass is 420 g/mol. The molecule has 0 unspecified atom stereocenters. The van der Waals surface area contributed by atoms with Crippen LogP contribution in [0.3, 0.4) is 0 Å². The summed E-state index contributed by atoms with van der Waals surface area (Å²) in [6.45, 7) is 5.22. The van der Waals surface area contributed by atoms with E-state index >= 15 is 0 Å². The van der Waals surface area contributed by atoms with Crippen LogP contribution >= 0.6 is 0 Å². The van der Waals surface area contributed by atoms with E-state index in [0.29, 0.717) is 18.5 Å². The Kier molecular flexibility index (Phi) is 6.05. The van der Waals surface area contributed by atoms with Crippen LogP contribution in [0.1, 0.15) is 47.8 Å². The minimum Gasteiger partial charge on any atom is -0.491 e. The van der Waals surface area contributed by atoms with E-state index in [1.807, 2.05) is 0 Å². The molecule has 1 N–H and O–H groups in total. The maximum atomic E-state index is 13.5. The summed E-state index contributed by atoms with van der Waals surface area (Å²) in [6, 6.07) is 8.67. The Morgan fingerprint density at radius 2 is 1.90 bits per heavy atom. The fourth-order valence-corrected chi connectivity index (χ4v) is 3.47. The second kappa shape index (κ2) is 8.38. The SMILES string of the molecule is CC(=O)N1CCc2cc(C(=O)NCc3ccc(OC(C)C)cc3C(F)(F)F)ccc21. The lowest BCUT2D eigenvalue weighted by atomic mass is 10.1. The lowest BCUT2D eigenvalue weighted by Crippen LogP contribution is -2.26. The molecule has 30 heavy (non-hydrogen) atoms. The normalized spacial score (nSPS) is 13.4. The molecule has 2 amide bonds. The highest BCUT2D eigenvalue weighted by Gasteiger charge is 2.34. The number of nitrogens with zero attached hydrogens (tertiary/aromatic N) is 1. The number of benzene rings is 2. The standard InChI is InChI=1S/C22H23F3N2O3/c1-13(2)30-18-6-4-17(19(11-18)22(23,24)25)12-26-21(29)16-5-7-20-15(10-16)8-9-27(20)14(3)28/h4-7,10-11,13H,8-9,12H2,1-3H3,(H,26,29). The molecule has 2 aromatic carbocycles. The molecule has 0 spiro atoms. The Morgan fingerprint density at radius 3 is 2.53 bits per heavy atom. The molecule has 0 saturated heterocycles. The van der Waals surface area contributed by atoms with Crippen LogP contribution in [-0.4, -0.2) is 24.5 Å². The predicted octanol–water partition coefficient (Wildman–Crippen LogP) is 4.33. The Labute approximate surface area is 172 Å². The molecule has 0 atom stereocenters. The summed E-state index contributed by atoms with van der Waals surface area (Å²) in [5, 5.41) is 2.55. The van der Waals surface area contributed by atoms with Gasteiger partial charge in [-0.05, 0) is 61.7 Å². The number of ether oxygens (including phenoxy) is 1. The molecule has 3 rings (SSSR count). The Morgan fingerprint density at radius 1 is 1.17 bits per heavy atom. The van der Waals surface area contributed by atoms with Gasteiger partial charge < -0.3 is 15.0 Å². The molecule has 1 aliphatic rings. The van der Waals surface area contributed by atoms with E-state index in [1.54, 1.807) is 36.9 Å². The van der Waals surface area contributed by atoms with Crippen LogP contribution in [0.15, 0.2) is 36.4 Å². The van der Waals surface area contributed by atoms with Gasteiger partial charge in [-0.2, -0.15) is 13.2 Å². The van der Waals surface area contributed by atoms with Gasteiger partial charge in [0.15, 0.2) is 0 Å². The summed E-state index contributed by atoms with van der Waals surface area (Å²) in [4.78, 5) is 25.8. The van der Waals surface area contributed by atoms with Gasteiger partial charge in [-0.25, -0.2) is 0 Å². The largest absolute Gasteiger partial charge is 0.491 e. The Bertz CT molecular complexity index is 971. The third-order valence-corrected chi connectivity index (χ3v) is 4.82. The highest BCUT2D eigenvalue weighted by Crippen LogP contribution is 2.35. The fourth-order valence-electron chi connectivity index (χ4n) is 3.47. The van der Waals surface area contributed by atoms with Crippen LogP contribution in [-0.2, 0) is 23.9 Å². The van der Waals surface area contributed by atoms with E-state index in [1.165, 1.54) is 19.1 Å². The van der Waals surface area contributed by atoms with Gasteiger partial charge in [-0.1, -0.05) is 6.07 Å². The van der Waals surface area contributed by atoms with E-state index in [0.717, 1.165) is 17.3 Å². The second-order valence-electron chi connectivity index (χ2n) is 7.43. The molecule has 1 aliphatic heterocycles. The molecule has 0 saturated carbocycles. The summed E-state index contributed by atoms with van der Waals surface area (Å²) in [5.74, 6) is -0.425. The minimum atomic E-state index is -4.57. The molecule has 8 heteroatoms. The van der Waals surface area contributed by atoms with E-state index < -0.39 is 17.6 Å². The molecular formula is C22H23F3N2O3. The van der Waals surface area contributed by atoms with Crippen LogP contribution in [0.2, 0.25) is 0 Å². The maximum Gasteiger partial charge on any atom is 0.416 e. The number of anilines is 1.